The van der Waals surface area contributed by atoms with Crippen LogP contribution in [0.2, 0.25) is 0 Å². The van der Waals surface area contributed by atoms with Crippen molar-refractivity contribution in [3.05, 3.63) is 22.0 Å². The highest BCUT2D eigenvalue weighted by Crippen LogP contribution is 2.34. The molecule has 0 unspecified atom stereocenters. The van der Waals surface area contributed by atoms with Crippen LogP contribution < -0.4 is 4.74 Å². The number of thioether (sulfide) groups is 1. The number of carbonyl (C=O) groups excluding carboxylic acids is 3. The Morgan fingerprint density at radius 1 is 1.04 bits per heavy atom. The fourth-order valence-corrected chi connectivity index (χ4v) is 4.08. The van der Waals surface area contributed by atoms with Gasteiger partial charge in [0, 0.05) is 36.3 Å². The van der Waals surface area contributed by atoms with E-state index in [0.29, 0.717) is 11.5 Å². The van der Waals surface area contributed by atoms with Crippen LogP contribution in [-0.4, -0.2) is 52.4 Å². The molecule has 0 aliphatic carbocycles. The third kappa shape index (κ3) is 6.01. The van der Waals surface area contributed by atoms with E-state index < -0.39 is 41.7 Å². The number of hydrogen-bond acceptors (Lipinski definition) is 9. The van der Waals surface area contributed by atoms with Gasteiger partial charge in [0.2, 0.25) is 0 Å². The standard InChI is InChI=1S/C16H18INO7S/c1-8(19)22-13-7-26-16(25-12-4-11(17)5-18-6-12)15(24-10(3)21)14(13)23-9(2)20/h4-6,13-16H,7H2,1-3H3/t13-,14+,15-,16+/m1/s1. The van der Waals surface area contributed by atoms with Gasteiger partial charge in [-0.1, -0.05) is 0 Å². The number of halogens is 1. The first kappa shape index (κ1) is 20.7. The first-order valence-corrected chi connectivity index (χ1v) is 9.79. The molecule has 0 radical (unpaired) electrons. The molecule has 1 fully saturated rings. The maximum atomic E-state index is 11.6. The van der Waals surface area contributed by atoms with Gasteiger partial charge in [0.1, 0.15) is 5.75 Å². The number of ether oxygens (including phenoxy) is 4. The number of aromatic nitrogens is 1. The fraction of sp³-hybridized carbons (Fsp3) is 0.500. The van der Waals surface area contributed by atoms with Crippen LogP contribution in [0.15, 0.2) is 18.5 Å². The smallest absolute Gasteiger partial charge is 0.303 e. The Labute approximate surface area is 168 Å². The number of esters is 3. The Morgan fingerprint density at radius 3 is 2.23 bits per heavy atom. The van der Waals surface area contributed by atoms with Gasteiger partial charge in [0.15, 0.2) is 23.7 Å². The molecule has 0 aromatic carbocycles. The van der Waals surface area contributed by atoms with E-state index in [4.69, 9.17) is 18.9 Å². The van der Waals surface area contributed by atoms with Crippen molar-refractivity contribution in [3.8, 4) is 5.75 Å². The van der Waals surface area contributed by atoms with Crippen LogP contribution in [0, 0.1) is 3.57 Å². The molecule has 8 nitrogen and oxygen atoms in total. The minimum atomic E-state index is -0.970. The third-order valence-corrected chi connectivity index (χ3v) is 5.04. The van der Waals surface area contributed by atoms with E-state index in [9.17, 15) is 14.4 Å². The monoisotopic (exact) mass is 495 g/mol. The second-order valence-electron chi connectivity index (χ2n) is 5.45. The van der Waals surface area contributed by atoms with Gasteiger partial charge in [-0.05, 0) is 28.7 Å². The number of carbonyl (C=O) groups is 3. The lowest BCUT2D eigenvalue weighted by atomic mass is 10.1. The summed E-state index contributed by atoms with van der Waals surface area (Å²) in [4.78, 5) is 38.5. The first-order chi connectivity index (χ1) is 12.3. The van der Waals surface area contributed by atoms with Crippen LogP contribution in [0.25, 0.3) is 0 Å². The van der Waals surface area contributed by atoms with Gasteiger partial charge in [-0.25, -0.2) is 0 Å². The normalized spacial score (nSPS) is 25.1. The maximum absolute atomic E-state index is 11.6. The molecular formula is C16H18INO7S. The van der Waals surface area contributed by atoms with Crippen molar-refractivity contribution in [2.45, 2.75) is 44.5 Å². The van der Waals surface area contributed by atoms with Gasteiger partial charge in [0.25, 0.3) is 0 Å². The SMILES string of the molecule is CC(=O)O[C@@H]1[C@@H](OC(C)=O)[C@@H](Oc2cncc(I)c2)SC[C@H]1OC(C)=O. The average Bonchev–Trinajstić information content (AvgIpc) is 2.51. The second kappa shape index (κ2) is 9.40. The molecule has 1 aromatic rings. The van der Waals surface area contributed by atoms with Crippen LogP contribution in [0.5, 0.6) is 5.75 Å². The lowest BCUT2D eigenvalue weighted by Gasteiger charge is -2.39. The van der Waals surface area contributed by atoms with Gasteiger partial charge in [-0.2, -0.15) is 0 Å². The van der Waals surface area contributed by atoms with Gasteiger partial charge < -0.3 is 18.9 Å². The van der Waals surface area contributed by atoms with Crippen molar-refractivity contribution in [3.63, 3.8) is 0 Å². The van der Waals surface area contributed by atoms with Gasteiger partial charge in [-0.15, -0.1) is 11.8 Å². The molecule has 26 heavy (non-hydrogen) atoms. The third-order valence-electron chi connectivity index (χ3n) is 3.24. The highest BCUT2D eigenvalue weighted by atomic mass is 127. The molecule has 1 aliphatic rings. The van der Waals surface area contributed by atoms with Crippen molar-refractivity contribution >= 4 is 52.3 Å². The molecule has 1 aliphatic heterocycles. The summed E-state index contributed by atoms with van der Waals surface area (Å²) >= 11 is 3.40. The summed E-state index contributed by atoms with van der Waals surface area (Å²) in [5.41, 5.74) is -0.657. The van der Waals surface area contributed by atoms with Crippen molar-refractivity contribution in [2.24, 2.45) is 0 Å². The zero-order valence-electron chi connectivity index (χ0n) is 14.3. The Balaban J connectivity index is 2.27. The molecule has 0 saturated carbocycles. The molecule has 142 valence electrons. The van der Waals surface area contributed by atoms with Gasteiger partial charge in [0.05, 0.1) is 6.20 Å². The molecule has 0 spiro atoms. The molecule has 1 aromatic heterocycles. The van der Waals surface area contributed by atoms with Crippen molar-refractivity contribution in [1.29, 1.82) is 0 Å². The number of rotatable bonds is 5. The zero-order chi connectivity index (χ0) is 19.3. The van der Waals surface area contributed by atoms with Crippen molar-refractivity contribution in [1.82, 2.24) is 4.98 Å². The number of hydrogen-bond donors (Lipinski definition) is 0. The summed E-state index contributed by atoms with van der Waals surface area (Å²) < 4.78 is 22.7. The highest BCUT2D eigenvalue weighted by molar-refractivity contribution is 14.1. The summed E-state index contributed by atoms with van der Waals surface area (Å²) in [6.45, 7) is 3.74. The molecule has 2 rings (SSSR count). The molecule has 10 heteroatoms. The van der Waals surface area contributed by atoms with Crippen molar-refractivity contribution < 1.29 is 33.3 Å². The van der Waals surface area contributed by atoms with Gasteiger partial charge in [-0.3, -0.25) is 19.4 Å². The first-order valence-electron chi connectivity index (χ1n) is 7.66. The number of pyridine rings is 1. The van der Waals surface area contributed by atoms with Crippen LogP contribution in [0.4, 0.5) is 0 Å². The Morgan fingerprint density at radius 2 is 1.65 bits per heavy atom. The Hall–Kier alpha value is -1.56. The molecule has 0 N–H and O–H groups in total. The van der Waals surface area contributed by atoms with E-state index in [1.807, 2.05) is 0 Å². The highest BCUT2D eigenvalue weighted by Gasteiger charge is 2.47. The Kier molecular flexibility index (Phi) is 7.50. The predicted molar refractivity (Wildman–Crippen MR) is 100 cm³/mol. The molecular weight excluding hydrogens is 477 g/mol. The molecule has 2 heterocycles. The van der Waals surface area contributed by atoms with E-state index in [1.165, 1.54) is 38.7 Å². The predicted octanol–water partition coefficient (Wildman–Crippen LogP) is 1.93. The van der Waals surface area contributed by atoms with E-state index in [-0.39, 0.29) is 0 Å². The van der Waals surface area contributed by atoms with E-state index in [1.54, 1.807) is 12.3 Å². The fourth-order valence-electron chi connectivity index (χ4n) is 2.40. The largest absolute Gasteiger partial charge is 0.474 e. The van der Waals surface area contributed by atoms with E-state index >= 15 is 0 Å². The van der Waals surface area contributed by atoms with Crippen LogP contribution in [0.1, 0.15) is 20.8 Å². The minimum absolute atomic E-state index is 0.317. The topological polar surface area (TPSA) is 101 Å². The second-order valence-corrected chi connectivity index (χ2v) is 7.83. The van der Waals surface area contributed by atoms with Crippen LogP contribution in [-0.2, 0) is 28.6 Å². The molecule has 0 amide bonds. The number of nitrogens with zero attached hydrogens (tertiary/aromatic N) is 1. The summed E-state index contributed by atoms with van der Waals surface area (Å²) in [5.74, 6) is -0.858. The van der Waals surface area contributed by atoms with Crippen LogP contribution in [0.3, 0.4) is 0 Å². The van der Waals surface area contributed by atoms with Crippen LogP contribution >= 0.6 is 34.4 Å². The summed E-state index contributed by atoms with van der Waals surface area (Å²) in [6, 6.07) is 1.78. The maximum Gasteiger partial charge on any atom is 0.303 e. The summed E-state index contributed by atoms with van der Waals surface area (Å²) in [7, 11) is 0. The molecule has 4 atom stereocenters. The molecule has 1 saturated heterocycles. The minimum Gasteiger partial charge on any atom is -0.474 e. The quantitative estimate of drug-likeness (QED) is 0.345. The van der Waals surface area contributed by atoms with Crippen molar-refractivity contribution in [2.75, 3.05) is 5.75 Å². The summed E-state index contributed by atoms with van der Waals surface area (Å²) in [5, 5.41) is 0. The molecule has 0 bridgehead atoms. The van der Waals surface area contributed by atoms with Gasteiger partial charge >= 0.3 is 17.9 Å². The lowest BCUT2D eigenvalue weighted by Crippen LogP contribution is -2.55. The average molecular weight is 495 g/mol. The van der Waals surface area contributed by atoms with E-state index in [2.05, 4.69) is 27.6 Å². The zero-order valence-corrected chi connectivity index (χ0v) is 17.3. The summed E-state index contributed by atoms with van der Waals surface area (Å²) in [6.07, 6.45) is 0.537. The Bertz CT molecular complexity index is 686. The lowest BCUT2D eigenvalue weighted by molar-refractivity contribution is -0.186. The van der Waals surface area contributed by atoms with E-state index in [0.717, 1.165) is 3.57 Å².